The fraction of sp³-hybridized carbons (Fsp3) is 0.333. The maximum atomic E-state index is 4.12. The molecular weight excluding hydrogens is 200 g/mol. The van der Waals surface area contributed by atoms with Crippen LogP contribution >= 0.6 is 0 Å². The van der Waals surface area contributed by atoms with Crippen molar-refractivity contribution in [1.29, 1.82) is 0 Å². The summed E-state index contributed by atoms with van der Waals surface area (Å²) in [5.74, 6) is 0. The highest BCUT2D eigenvalue weighted by molar-refractivity contribution is 5.14. The van der Waals surface area contributed by atoms with Gasteiger partial charge in [-0.2, -0.15) is 0 Å². The van der Waals surface area contributed by atoms with Gasteiger partial charge in [-0.05, 0) is 12.6 Å². The molecule has 16 heavy (non-hydrogen) atoms. The first kappa shape index (κ1) is 10.8. The number of nitrogens with one attached hydrogen (secondary N) is 1. The summed E-state index contributed by atoms with van der Waals surface area (Å²) in [6, 6.07) is 10.3. The van der Waals surface area contributed by atoms with E-state index >= 15 is 0 Å². The highest BCUT2D eigenvalue weighted by atomic mass is 15.4. The van der Waals surface area contributed by atoms with Gasteiger partial charge in [0.15, 0.2) is 0 Å². The molecule has 0 aliphatic heterocycles. The van der Waals surface area contributed by atoms with Crippen LogP contribution in [0.3, 0.4) is 0 Å². The lowest BCUT2D eigenvalue weighted by Crippen LogP contribution is -2.10. The Morgan fingerprint density at radius 2 is 2.06 bits per heavy atom. The highest BCUT2D eigenvalue weighted by Gasteiger charge is 2.00. The van der Waals surface area contributed by atoms with Crippen molar-refractivity contribution in [2.24, 2.45) is 0 Å². The number of hydrogen-bond acceptors (Lipinski definition) is 3. The minimum Gasteiger partial charge on any atom is -0.319 e. The molecule has 0 fully saturated rings. The van der Waals surface area contributed by atoms with Gasteiger partial charge in [0.25, 0.3) is 0 Å². The van der Waals surface area contributed by atoms with E-state index in [1.54, 1.807) is 0 Å². The van der Waals surface area contributed by atoms with E-state index < -0.39 is 0 Å². The van der Waals surface area contributed by atoms with Crippen molar-refractivity contribution >= 4 is 0 Å². The second kappa shape index (κ2) is 5.42. The van der Waals surface area contributed by atoms with Crippen molar-refractivity contribution in [2.45, 2.75) is 13.0 Å². The molecule has 1 N–H and O–H groups in total. The van der Waals surface area contributed by atoms with Gasteiger partial charge in [-0.1, -0.05) is 35.5 Å². The number of aromatic nitrogens is 3. The quantitative estimate of drug-likeness (QED) is 0.813. The molecule has 0 radical (unpaired) electrons. The standard InChI is InChI=1S/C12H16N4/c1-13-8-7-12-10-16(15-14-12)9-11-5-3-2-4-6-11/h2-6,10,13H,7-9H2,1H3. The van der Waals surface area contributed by atoms with Gasteiger partial charge < -0.3 is 5.32 Å². The van der Waals surface area contributed by atoms with Crippen molar-refractivity contribution in [3.05, 3.63) is 47.8 Å². The first-order valence-corrected chi connectivity index (χ1v) is 5.46. The van der Waals surface area contributed by atoms with Crippen molar-refractivity contribution < 1.29 is 0 Å². The number of likely N-dealkylation sites (N-methyl/N-ethyl adjacent to an activating group) is 1. The van der Waals surface area contributed by atoms with Crippen LogP contribution in [0.4, 0.5) is 0 Å². The third-order valence-electron chi connectivity index (χ3n) is 2.40. The Morgan fingerprint density at radius 3 is 2.81 bits per heavy atom. The second-order valence-corrected chi connectivity index (χ2v) is 3.75. The van der Waals surface area contributed by atoms with E-state index in [0.717, 1.165) is 25.2 Å². The van der Waals surface area contributed by atoms with Crippen LogP contribution in [-0.4, -0.2) is 28.6 Å². The zero-order valence-corrected chi connectivity index (χ0v) is 9.43. The first-order valence-electron chi connectivity index (χ1n) is 5.46. The van der Waals surface area contributed by atoms with Gasteiger partial charge in [-0.3, -0.25) is 0 Å². The van der Waals surface area contributed by atoms with Gasteiger partial charge in [0, 0.05) is 19.2 Å². The summed E-state index contributed by atoms with van der Waals surface area (Å²) in [6.45, 7) is 1.72. The minimum atomic E-state index is 0.785. The van der Waals surface area contributed by atoms with Crippen molar-refractivity contribution in [3.8, 4) is 0 Å². The molecule has 0 atom stereocenters. The molecular formula is C12H16N4. The van der Waals surface area contributed by atoms with E-state index in [9.17, 15) is 0 Å². The Labute approximate surface area is 95.3 Å². The van der Waals surface area contributed by atoms with E-state index in [2.05, 4.69) is 27.8 Å². The second-order valence-electron chi connectivity index (χ2n) is 3.75. The SMILES string of the molecule is CNCCc1cn(Cc2ccccc2)nn1. The molecule has 0 spiro atoms. The van der Waals surface area contributed by atoms with Crippen LogP contribution in [0.5, 0.6) is 0 Å². The molecule has 1 aromatic carbocycles. The Balaban J connectivity index is 1.97. The molecule has 1 heterocycles. The van der Waals surface area contributed by atoms with Crippen LogP contribution in [0, 0.1) is 0 Å². The smallest absolute Gasteiger partial charge is 0.0839 e. The fourth-order valence-corrected chi connectivity index (χ4v) is 1.55. The Kier molecular flexibility index (Phi) is 3.66. The molecule has 0 saturated heterocycles. The maximum absolute atomic E-state index is 4.12. The average molecular weight is 216 g/mol. The van der Waals surface area contributed by atoms with E-state index in [1.807, 2.05) is 36.1 Å². The molecule has 2 rings (SSSR count). The third kappa shape index (κ3) is 2.90. The van der Waals surface area contributed by atoms with Crippen LogP contribution in [-0.2, 0) is 13.0 Å². The summed E-state index contributed by atoms with van der Waals surface area (Å²) >= 11 is 0. The Hall–Kier alpha value is -1.68. The predicted octanol–water partition coefficient (Wildman–Crippen LogP) is 1.09. The third-order valence-corrected chi connectivity index (χ3v) is 2.40. The molecule has 2 aromatic rings. The molecule has 0 saturated carbocycles. The predicted molar refractivity (Wildman–Crippen MR) is 63.2 cm³/mol. The molecule has 0 aliphatic carbocycles. The van der Waals surface area contributed by atoms with Gasteiger partial charge in [0.1, 0.15) is 0 Å². The van der Waals surface area contributed by atoms with Crippen LogP contribution in [0.15, 0.2) is 36.5 Å². The van der Waals surface area contributed by atoms with Gasteiger partial charge in [0.05, 0.1) is 12.2 Å². The van der Waals surface area contributed by atoms with E-state index in [1.165, 1.54) is 5.56 Å². The summed E-state index contributed by atoms with van der Waals surface area (Å²) in [5, 5.41) is 11.3. The number of rotatable bonds is 5. The lowest BCUT2D eigenvalue weighted by atomic mass is 10.2. The van der Waals surface area contributed by atoms with Gasteiger partial charge in [-0.25, -0.2) is 4.68 Å². The molecule has 4 nitrogen and oxygen atoms in total. The number of benzene rings is 1. The van der Waals surface area contributed by atoms with Crippen LogP contribution in [0.1, 0.15) is 11.3 Å². The normalized spacial score (nSPS) is 10.6. The summed E-state index contributed by atoms with van der Waals surface area (Å²) in [6.07, 6.45) is 2.93. The molecule has 1 aromatic heterocycles. The van der Waals surface area contributed by atoms with Crippen molar-refractivity contribution in [2.75, 3.05) is 13.6 Å². The van der Waals surface area contributed by atoms with Gasteiger partial charge >= 0.3 is 0 Å². The summed E-state index contributed by atoms with van der Waals surface area (Å²) in [5.41, 5.74) is 2.28. The van der Waals surface area contributed by atoms with Gasteiger partial charge in [0.2, 0.25) is 0 Å². The Morgan fingerprint density at radius 1 is 1.25 bits per heavy atom. The summed E-state index contributed by atoms with van der Waals surface area (Å²) in [4.78, 5) is 0. The maximum Gasteiger partial charge on any atom is 0.0839 e. The lowest BCUT2D eigenvalue weighted by Gasteiger charge is -1.99. The van der Waals surface area contributed by atoms with Crippen LogP contribution in [0.25, 0.3) is 0 Å². The molecule has 0 unspecified atom stereocenters. The average Bonchev–Trinajstić information content (AvgIpc) is 2.75. The first-order chi connectivity index (χ1) is 7.88. The van der Waals surface area contributed by atoms with Crippen LogP contribution in [0.2, 0.25) is 0 Å². The number of nitrogens with zero attached hydrogens (tertiary/aromatic N) is 3. The topological polar surface area (TPSA) is 42.7 Å². The lowest BCUT2D eigenvalue weighted by molar-refractivity contribution is 0.649. The van der Waals surface area contributed by atoms with Crippen molar-refractivity contribution in [1.82, 2.24) is 20.3 Å². The largest absolute Gasteiger partial charge is 0.319 e. The highest BCUT2D eigenvalue weighted by Crippen LogP contribution is 2.02. The fourth-order valence-electron chi connectivity index (χ4n) is 1.55. The van der Waals surface area contributed by atoms with Crippen molar-refractivity contribution in [3.63, 3.8) is 0 Å². The Bertz CT molecular complexity index is 422. The van der Waals surface area contributed by atoms with E-state index in [-0.39, 0.29) is 0 Å². The van der Waals surface area contributed by atoms with E-state index in [0.29, 0.717) is 0 Å². The molecule has 4 heteroatoms. The summed E-state index contributed by atoms with van der Waals surface area (Å²) in [7, 11) is 1.94. The minimum absolute atomic E-state index is 0.785. The van der Waals surface area contributed by atoms with Gasteiger partial charge in [-0.15, -0.1) is 5.10 Å². The zero-order valence-electron chi connectivity index (χ0n) is 9.43. The molecule has 0 aliphatic rings. The number of hydrogen-bond donors (Lipinski definition) is 1. The zero-order chi connectivity index (χ0) is 11.2. The van der Waals surface area contributed by atoms with E-state index in [4.69, 9.17) is 0 Å². The molecule has 84 valence electrons. The molecule has 0 amide bonds. The van der Waals surface area contributed by atoms with Crippen LogP contribution < -0.4 is 5.32 Å². The molecule has 0 bridgehead atoms. The monoisotopic (exact) mass is 216 g/mol. The summed E-state index contributed by atoms with van der Waals surface area (Å²) < 4.78 is 1.88.